The quantitative estimate of drug-likeness (QED) is 0.679. The van der Waals surface area contributed by atoms with Crippen molar-refractivity contribution in [1.29, 1.82) is 0 Å². The largest absolute Gasteiger partial charge is 0.417 e. The number of nitrogens with zero attached hydrogens (tertiary/aromatic N) is 1. The van der Waals surface area contributed by atoms with Crippen molar-refractivity contribution in [3.63, 3.8) is 0 Å². The number of fused-ring (bicyclic) bond motifs is 2. The number of alkyl halides is 6. The van der Waals surface area contributed by atoms with Gasteiger partial charge in [0.1, 0.15) is 0 Å². The highest BCUT2D eigenvalue weighted by atomic mass is 19.4. The number of rotatable bonds is 3. The van der Waals surface area contributed by atoms with Crippen LogP contribution in [-0.4, -0.2) is 41.5 Å². The molecule has 2 atom stereocenters. The minimum absolute atomic E-state index is 0.00173. The van der Waals surface area contributed by atoms with Gasteiger partial charge in [-0.3, -0.25) is 4.79 Å². The summed E-state index contributed by atoms with van der Waals surface area (Å²) < 4.78 is 83.1. The molecule has 10 heteroatoms. The molecule has 2 aromatic rings. The van der Waals surface area contributed by atoms with Gasteiger partial charge in [0.25, 0.3) is 0 Å². The van der Waals surface area contributed by atoms with E-state index in [1.54, 1.807) is 18.7 Å². The lowest BCUT2D eigenvalue weighted by Crippen LogP contribution is -2.47. The maximum atomic E-state index is 14.0. The van der Waals surface area contributed by atoms with Crippen LogP contribution >= 0.6 is 0 Å². The summed E-state index contributed by atoms with van der Waals surface area (Å²) in [5.41, 5.74) is -3.27. The van der Waals surface area contributed by atoms with E-state index >= 15 is 0 Å². The smallest absolute Gasteiger partial charge is 0.361 e. The van der Waals surface area contributed by atoms with Crippen LogP contribution < -0.4 is 5.32 Å². The Kier molecular flexibility index (Phi) is 5.11. The molecule has 0 bridgehead atoms. The van der Waals surface area contributed by atoms with Crippen LogP contribution in [0.4, 0.5) is 26.3 Å². The Hall–Kier alpha value is -2.49. The van der Waals surface area contributed by atoms with E-state index in [-0.39, 0.29) is 28.9 Å². The molecule has 2 heterocycles. The summed E-state index contributed by atoms with van der Waals surface area (Å²) in [6.07, 6.45) is -7.19. The maximum absolute atomic E-state index is 14.0. The van der Waals surface area contributed by atoms with Crippen LogP contribution in [0.3, 0.4) is 0 Å². The summed E-state index contributed by atoms with van der Waals surface area (Å²) in [6.45, 7) is 4.66. The minimum Gasteiger partial charge on any atom is -0.361 e. The lowest BCUT2D eigenvalue weighted by molar-refractivity contribution is -0.162. The molecule has 1 aliphatic carbocycles. The average Bonchev–Trinajstić information content (AvgIpc) is 3.10. The van der Waals surface area contributed by atoms with E-state index in [0.29, 0.717) is 31.1 Å². The molecule has 4 nitrogen and oxygen atoms in total. The topological polar surface area (TPSA) is 48.1 Å². The Morgan fingerprint density at radius 1 is 1.13 bits per heavy atom. The summed E-state index contributed by atoms with van der Waals surface area (Å²) in [7, 11) is 0. The molecule has 31 heavy (non-hydrogen) atoms. The number of aromatic amines is 1. The summed E-state index contributed by atoms with van der Waals surface area (Å²) >= 11 is 0. The van der Waals surface area contributed by atoms with Gasteiger partial charge in [-0.05, 0) is 37.5 Å². The molecule has 1 aliphatic heterocycles. The van der Waals surface area contributed by atoms with Gasteiger partial charge in [-0.1, -0.05) is 6.08 Å². The Morgan fingerprint density at radius 3 is 2.39 bits per heavy atom. The molecule has 2 unspecified atom stereocenters. The van der Waals surface area contributed by atoms with E-state index in [2.05, 4.69) is 10.3 Å². The molecular weight excluding hydrogens is 424 g/mol. The number of hydrogen-bond donors (Lipinski definition) is 2. The molecule has 1 aromatic carbocycles. The fourth-order valence-corrected chi connectivity index (χ4v) is 4.69. The van der Waals surface area contributed by atoms with Gasteiger partial charge in [0.2, 0.25) is 5.91 Å². The number of H-pyrrole nitrogens is 1. The van der Waals surface area contributed by atoms with Gasteiger partial charge in [0.05, 0.1) is 17.0 Å². The molecule has 0 fully saturated rings. The molecular formula is C21H21F6N3O. The zero-order chi connectivity index (χ0) is 22.7. The first-order chi connectivity index (χ1) is 14.5. The van der Waals surface area contributed by atoms with Crippen LogP contribution in [0, 0.1) is 5.92 Å². The Bertz CT molecular complexity index is 1060. The number of hydrogen-bond acceptors (Lipinski definition) is 2. The summed E-state index contributed by atoms with van der Waals surface area (Å²) in [6, 6.07) is -0.0715. The number of carbonyl (C=O) groups is 1. The number of halogens is 6. The minimum atomic E-state index is -5.22. The first kappa shape index (κ1) is 21.7. The number of carbonyl (C=O) groups excluding carboxylic acids is 1. The number of benzene rings is 1. The number of nitrogens with one attached hydrogen (secondary N) is 2. The van der Waals surface area contributed by atoms with E-state index in [4.69, 9.17) is 0 Å². The van der Waals surface area contributed by atoms with Crippen LogP contribution in [-0.2, 0) is 23.6 Å². The first-order valence-corrected chi connectivity index (χ1v) is 10.0. The van der Waals surface area contributed by atoms with Crippen LogP contribution in [0.2, 0.25) is 0 Å². The summed E-state index contributed by atoms with van der Waals surface area (Å²) in [5.74, 6) is -1.02. The van der Waals surface area contributed by atoms with Gasteiger partial charge in [-0.25, -0.2) is 0 Å². The van der Waals surface area contributed by atoms with E-state index in [1.165, 1.54) is 12.3 Å². The van der Waals surface area contributed by atoms with Gasteiger partial charge in [0.15, 0.2) is 0 Å². The number of aromatic nitrogens is 1. The third-order valence-electron chi connectivity index (χ3n) is 6.08. The molecule has 1 aromatic heterocycles. The standard InChI is InChI=1S/C21H21F6N3O/c1-3-30(4-2)19(31)11-5-12-14(28-9-11)6-10-8-29-15-7-13(20(22,23)24)18(21(25,26)27)17(12)16(10)15/h5,7-8,11,14,28-29H,3-4,6,9H2,1-2H3. The van der Waals surface area contributed by atoms with Gasteiger partial charge in [-0.15, -0.1) is 0 Å². The molecule has 0 radical (unpaired) electrons. The van der Waals surface area contributed by atoms with Crippen molar-refractivity contribution in [3.8, 4) is 0 Å². The van der Waals surface area contributed by atoms with Crippen molar-refractivity contribution < 1.29 is 31.1 Å². The van der Waals surface area contributed by atoms with Crippen LogP contribution in [0.5, 0.6) is 0 Å². The molecule has 1 amide bonds. The Morgan fingerprint density at radius 2 is 1.81 bits per heavy atom. The Balaban J connectivity index is 2.00. The fraction of sp³-hybridized carbons (Fsp3) is 0.476. The van der Waals surface area contributed by atoms with Crippen molar-refractivity contribution in [2.24, 2.45) is 5.92 Å². The molecule has 0 saturated carbocycles. The second-order valence-corrected chi connectivity index (χ2v) is 7.81. The highest BCUT2D eigenvalue weighted by Crippen LogP contribution is 2.50. The Labute approximate surface area is 174 Å². The normalized spacial score (nSPS) is 21.1. The molecule has 4 rings (SSSR count). The molecule has 2 aliphatic rings. The van der Waals surface area contributed by atoms with Gasteiger partial charge >= 0.3 is 12.4 Å². The average molecular weight is 445 g/mol. The van der Waals surface area contributed by atoms with E-state index in [0.717, 1.165) is 0 Å². The van der Waals surface area contributed by atoms with Crippen molar-refractivity contribution in [3.05, 3.63) is 40.6 Å². The first-order valence-electron chi connectivity index (χ1n) is 10.0. The monoisotopic (exact) mass is 445 g/mol. The second-order valence-electron chi connectivity index (χ2n) is 7.81. The van der Waals surface area contributed by atoms with Crippen molar-refractivity contribution >= 4 is 22.4 Å². The van der Waals surface area contributed by atoms with Crippen LogP contribution in [0.15, 0.2) is 18.3 Å². The highest BCUT2D eigenvalue weighted by Gasteiger charge is 2.48. The van der Waals surface area contributed by atoms with Crippen LogP contribution in [0.25, 0.3) is 16.5 Å². The van der Waals surface area contributed by atoms with Gasteiger partial charge in [0, 0.05) is 48.3 Å². The van der Waals surface area contributed by atoms with Crippen molar-refractivity contribution in [1.82, 2.24) is 15.2 Å². The lowest BCUT2D eigenvalue weighted by Gasteiger charge is -2.36. The van der Waals surface area contributed by atoms with E-state index in [1.807, 2.05) is 0 Å². The maximum Gasteiger partial charge on any atom is 0.417 e. The predicted octanol–water partition coefficient (Wildman–Crippen LogP) is 4.60. The van der Waals surface area contributed by atoms with Crippen molar-refractivity contribution in [2.45, 2.75) is 38.7 Å². The molecule has 2 N–H and O–H groups in total. The van der Waals surface area contributed by atoms with Crippen LogP contribution in [0.1, 0.15) is 36.1 Å². The van der Waals surface area contributed by atoms with E-state index < -0.39 is 41.0 Å². The summed E-state index contributed by atoms with van der Waals surface area (Å²) in [4.78, 5) is 17.1. The lowest BCUT2D eigenvalue weighted by atomic mass is 9.77. The summed E-state index contributed by atoms with van der Waals surface area (Å²) in [5, 5.41) is 3.23. The molecule has 168 valence electrons. The third-order valence-corrected chi connectivity index (χ3v) is 6.08. The van der Waals surface area contributed by atoms with E-state index in [9.17, 15) is 31.1 Å². The zero-order valence-corrected chi connectivity index (χ0v) is 16.8. The third kappa shape index (κ3) is 3.50. The van der Waals surface area contributed by atoms with Gasteiger partial charge < -0.3 is 15.2 Å². The highest BCUT2D eigenvalue weighted by molar-refractivity contribution is 6.01. The van der Waals surface area contributed by atoms with Crippen molar-refractivity contribution in [2.75, 3.05) is 19.6 Å². The predicted molar refractivity (Wildman–Crippen MR) is 103 cm³/mol. The fourth-order valence-electron chi connectivity index (χ4n) is 4.69. The molecule has 0 spiro atoms. The van der Waals surface area contributed by atoms with Gasteiger partial charge in [-0.2, -0.15) is 26.3 Å². The molecule has 0 saturated heterocycles. The SMILES string of the molecule is CCN(CC)C(=O)C1C=C2c3c(C(F)(F)F)c(C(F)(F)F)cc4[nH]cc(c34)CC2NC1. The number of amides is 1. The second kappa shape index (κ2) is 7.29. The zero-order valence-electron chi connectivity index (χ0n) is 16.8.